The van der Waals surface area contributed by atoms with E-state index in [1.54, 1.807) is 10.2 Å². The predicted octanol–water partition coefficient (Wildman–Crippen LogP) is 2.95. The number of hydrogen-bond donors (Lipinski definition) is 2. The molecule has 0 saturated carbocycles. The maximum atomic E-state index is 13.7. The highest BCUT2D eigenvalue weighted by atomic mass is 19.2. The first kappa shape index (κ1) is 22.1. The van der Waals surface area contributed by atoms with E-state index in [4.69, 9.17) is 0 Å². The fourth-order valence-corrected chi connectivity index (χ4v) is 3.05. The average Bonchev–Trinajstić information content (AvgIpc) is 2.71. The van der Waals surface area contributed by atoms with Crippen molar-refractivity contribution in [2.24, 2.45) is 5.92 Å². The van der Waals surface area contributed by atoms with Crippen LogP contribution >= 0.6 is 0 Å². The van der Waals surface area contributed by atoms with E-state index in [1.165, 1.54) is 6.92 Å². The molecule has 156 valence electrons. The van der Waals surface area contributed by atoms with Crippen molar-refractivity contribution in [2.45, 2.75) is 39.2 Å². The zero-order valence-corrected chi connectivity index (χ0v) is 15.6. The van der Waals surface area contributed by atoms with Gasteiger partial charge in [0.1, 0.15) is 5.69 Å². The number of likely N-dealkylation sites (tertiary alicyclic amines) is 1. The molecule has 2 N–H and O–H groups in total. The predicted molar refractivity (Wildman–Crippen MR) is 91.9 cm³/mol. The number of rotatable bonds is 6. The molecule has 1 atom stereocenters. The molecule has 28 heavy (non-hydrogen) atoms. The molecule has 5 nitrogen and oxygen atoms in total. The molecule has 0 radical (unpaired) electrons. The van der Waals surface area contributed by atoms with Gasteiger partial charge in [0, 0.05) is 12.5 Å². The average molecular weight is 407 g/mol. The molecule has 1 aromatic carbocycles. The summed E-state index contributed by atoms with van der Waals surface area (Å²) in [5.41, 5.74) is -1.37. The Kier molecular flexibility index (Phi) is 7.34. The van der Waals surface area contributed by atoms with Crippen LogP contribution in [0.3, 0.4) is 0 Å². The van der Waals surface area contributed by atoms with E-state index in [2.05, 4.69) is 5.32 Å². The van der Waals surface area contributed by atoms with Gasteiger partial charge in [-0.15, -0.1) is 0 Å². The molecule has 10 heteroatoms. The Hall–Kier alpha value is -2.23. The highest BCUT2D eigenvalue weighted by Crippen LogP contribution is 2.28. The molecule has 2 amide bonds. The van der Waals surface area contributed by atoms with Crippen molar-refractivity contribution >= 4 is 17.5 Å². The lowest BCUT2D eigenvalue weighted by Crippen LogP contribution is -2.48. The number of nitrogens with zero attached hydrogens (tertiary/aromatic N) is 1. The molecule has 1 saturated heterocycles. The van der Waals surface area contributed by atoms with E-state index >= 15 is 0 Å². The fraction of sp³-hybridized carbons (Fsp3) is 0.556. The molecule has 1 heterocycles. The number of hydrogen-bond acceptors (Lipinski definition) is 3. The van der Waals surface area contributed by atoms with Gasteiger partial charge in [-0.2, -0.15) is 0 Å². The van der Waals surface area contributed by atoms with Gasteiger partial charge in [0.15, 0.2) is 23.3 Å². The summed E-state index contributed by atoms with van der Waals surface area (Å²) in [6.07, 6.45) is 1.81. The fourth-order valence-electron chi connectivity index (χ4n) is 3.05. The van der Waals surface area contributed by atoms with E-state index in [-0.39, 0.29) is 11.8 Å². The Bertz CT molecular complexity index is 722. The number of piperidine rings is 1. The van der Waals surface area contributed by atoms with Gasteiger partial charge in [-0.1, -0.05) is 6.92 Å². The zero-order valence-electron chi connectivity index (χ0n) is 15.6. The first-order valence-electron chi connectivity index (χ1n) is 9.03. The lowest BCUT2D eigenvalue weighted by molar-refractivity contribution is -0.127. The van der Waals surface area contributed by atoms with Crippen LogP contribution < -0.4 is 10.6 Å². The molecule has 2 rings (SSSR count). The Labute approximate surface area is 159 Å². The lowest BCUT2D eigenvalue weighted by atomic mass is 9.95. The number of nitrogens with one attached hydrogen (secondary N) is 2. The Morgan fingerprint density at radius 3 is 2.00 bits per heavy atom. The van der Waals surface area contributed by atoms with Crippen LogP contribution in [0.1, 0.15) is 33.1 Å². The Morgan fingerprint density at radius 2 is 1.50 bits per heavy atom. The van der Waals surface area contributed by atoms with Gasteiger partial charge in [0.2, 0.25) is 17.6 Å². The van der Waals surface area contributed by atoms with E-state index in [0.29, 0.717) is 32.5 Å². The van der Waals surface area contributed by atoms with Crippen molar-refractivity contribution in [1.82, 2.24) is 10.2 Å². The molecule has 0 bridgehead atoms. The first-order chi connectivity index (χ1) is 13.2. The van der Waals surface area contributed by atoms with E-state index in [1.807, 2.05) is 6.92 Å². The second-order valence-corrected chi connectivity index (χ2v) is 6.71. The summed E-state index contributed by atoms with van der Waals surface area (Å²) in [7, 11) is 0. The third kappa shape index (κ3) is 4.60. The van der Waals surface area contributed by atoms with Crippen LogP contribution in [0.15, 0.2) is 0 Å². The summed E-state index contributed by atoms with van der Waals surface area (Å²) in [4.78, 5) is 25.9. The van der Waals surface area contributed by atoms with Gasteiger partial charge < -0.3 is 10.6 Å². The van der Waals surface area contributed by atoms with Crippen LogP contribution in [-0.2, 0) is 9.59 Å². The molecular weight excluding hydrogens is 385 g/mol. The Balaban J connectivity index is 2.01. The van der Waals surface area contributed by atoms with Gasteiger partial charge in [-0.3, -0.25) is 14.5 Å². The number of carbonyl (C=O) groups excluding carboxylic acids is 2. The van der Waals surface area contributed by atoms with Gasteiger partial charge >= 0.3 is 0 Å². The maximum Gasteiger partial charge on any atom is 0.241 e. The summed E-state index contributed by atoms with van der Waals surface area (Å²) in [6, 6.07) is -0.880. The van der Waals surface area contributed by atoms with Crippen molar-refractivity contribution in [3.8, 4) is 0 Å². The SMILES string of the molecule is CCCNC(=O)C1CCN([C@@H](C)C(=O)Nc2c(F)c(F)c(F)c(F)c2F)CC1. The van der Waals surface area contributed by atoms with Crippen molar-refractivity contribution in [3.63, 3.8) is 0 Å². The van der Waals surface area contributed by atoms with Crippen molar-refractivity contribution in [2.75, 3.05) is 25.0 Å². The molecule has 1 aliphatic heterocycles. The van der Waals surface area contributed by atoms with Crippen LogP contribution in [0, 0.1) is 35.0 Å². The molecular formula is C18H22F5N3O2. The molecule has 0 aliphatic carbocycles. The van der Waals surface area contributed by atoms with Crippen molar-refractivity contribution in [3.05, 3.63) is 29.1 Å². The molecule has 0 unspecified atom stereocenters. The van der Waals surface area contributed by atoms with Gasteiger partial charge in [-0.05, 0) is 39.3 Å². The van der Waals surface area contributed by atoms with E-state index in [0.717, 1.165) is 6.42 Å². The summed E-state index contributed by atoms with van der Waals surface area (Å²) < 4.78 is 67.0. The van der Waals surface area contributed by atoms with Gasteiger partial charge in [-0.25, -0.2) is 22.0 Å². The third-order valence-corrected chi connectivity index (χ3v) is 4.83. The van der Waals surface area contributed by atoms with Gasteiger partial charge in [0.05, 0.1) is 6.04 Å². The quantitative estimate of drug-likeness (QED) is 0.433. The molecule has 1 aliphatic rings. The minimum absolute atomic E-state index is 0.0555. The Morgan fingerprint density at radius 1 is 1.00 bits per heavy atom. The lowest BCUT2D eigenvalue weighted by Gasteiger charge is -2.34. The first-order valence-corrected chi connectivity index (χ1v) is 9.03. The third-order valence-electron chi connectivity index (χ3n) is 4.83. The van der Waals surface area contributed by atoms with Crippen LogP contribution in [0.25, 0.3) is 0 Å². The summed E-state index contributed by atoms with van der Waals surface area (Å²) in [6.45, 7) is 4.75. The van der Waals surface area contributed by atoms with Crippen molar-refractivity contribution in [1.29, 1.82) is 0 Å². The summed E-state index contributed by atoms with van der Waals surface area (Å²) in [5.74, 6) is -11.9. The number of amides is 2. The van der Waals surface area contributed by atoms with Gasteiger partial charge in [0.25, 0.3) is 0 Å². The monoisotopic (exact) mass is 407 g/mol. The largest absolute Gasteiger partial charge is 0.356 e. The van der Waals surface area contributed by atoms with E-state index in [9.17, 15) is 31.5 Å². The number of halogens is 5. The second kappa shape index (κ2) is 9.31. The standard InChI is InChI=1S/C18H22F5N3O2/c1-3-6-24-18(28)10-4-7-26(8-5-10)9(2)17(27)25-16-14(22)12(20)11(19)13(21)15(16)23/h9-10H,3-8H2,1-2H3,(H,24,28)(H,25,27)/t9-/m0/s1. The highest BCUT2D eigenvalue weighted by molar-refractivity contribution is 5.94. The maximum absolute atomic E-state index is 13.7. The number of carbonyl (C=O) groups is 2. The molecule has 0 aromatic heterocycles. The van der Waals surface area contributed by atoms with Crippen LogP contribution in [0.2, 0.25) is 0 Å². The van der Waals surface area contributed by atoms with Crippen molar-refractivity contribution < 1.29 is 31.5 Å². The number of anilines is 1. The summed E-state index contributed by atoms with van der Waals surface area (Å²) in [5, 5.41) is 4.60. The minimum Gasteiger partial charge on any atom is -0.356 e. The van der Waals surface area contributed by atoms with Crippen LogP contribution in [-0.4, -0.2) is 42.4 Å². The normalized spacial score (nSPS) is 16.7. The van der Waals surface area contributed by atoms with Crippen LogP contribution in [0.4, 0.5) is 27.6 Å². The topological polar surface area (TPSA) is 61.4 Å². The molecule has 1 fully saturated rings. The van der Waals surface area contributed by atoms with Crippen LogP contribution in [0.5, 0.6) is 0 Å². The smallest absolute Gasteiger partial charge is 0.241 e. The molecule has 1 aromatic rings. The number of benzene rings is 1. The highest BCUT2D eigenvalue weighted by Gasteiger charge is 2.32. The minimum atomic E-state index is -2.29. The second-order valence-electron chi connectivity index (χ2n) is 6.71. The van der Waals surface area contributed by atoms with E-state index < -0.39 is 46.7 Å². The molecule has 0 spiro atoms. The summed E-state index contributed by atoms with van der Waals surface area (Å²) >= 11 is 0. The zero-order chi connectivity index (χ0) is 21.0.